The molecule has 4 heteroatoms. The molecule has 0 unspecified atom stereocenters. The molecule has 1 aliphatic rings. The Morgan fingerprint density at radius 2 is 1.94 bits per heavy atom. The molecule has 0 aromatic heterocycles. The SMILES string of the molecule is CCC1CCC(CNC(=O)OCCO)CC1. The molecule has 2 N–H and O–H groups in total. The van der Waals surface area contributed by atoms with Gasteiger partial charge in [-0.25, -0.2) is 4.79 Å². The van der Waals surface area contributed by atoms with Crippen LogP contribution >= 0.6 is 0 Å². The van der Waals surface area contributed by atoms with E-state index in [1.807, 2.05) is 0 Å². The Kier molecular flexibility index (Phi) is 6.23. The molecule has 1 fully saturated rings. The lowest BCUT2D eigenvalue weighted by atomic mass is 9.81. The van der Waals surface area contributed by atoms with Crippen molar-refractivity contribution in [3.8, 4) is 0 Å². The van der Waals surface area contributed by atoms with Gasteiger partial charge in [-0.2, -0.15) is 0 Å². The summed E-state index contributed by atoms with van der Waals surface area (Å²) in [6, 6.07) is 0. The molecule has 0 radical (unpaired) electrons. The molecule has 0 saturated heterocycles. The smallest absolute Gasteiger partial charge is 0.407 e. The number of amides is 1. The number of carbonyl (C=O) groups is 1. The first kappa shape index (κ1) is 13.3. The number of rotatable bonds is 5. The van der Waals surface area contributed by atoms with Crippen LogP contribution in [0.3, 0.4) is 0 Å². The van der Waals surface area contributed by atoms with E-state index in [1.165, 1.54) is 32.1 Å². The van der Waals surface area contributed by atoms with E-state index in [4.69, 9.17) is 9.84 Å². The zero-order chi connectivity index (χ0) is 11.8. The molecule has 4 nitrogen and oxygen atoms in total. The fourth-order valence-electron chi connectivity index (χ4n) is 2.26. The molecular formula is C12H23NO3. The quantitative estimate of drug-likeness (QED) is 0.757. The Balaban J connectivity index is 2.07. The molecule has 0 bridgehead atoms. The summed E-state index contributed by atoms with van der Waals surface area (Å²) >= 11 is 0. The zero-order valence-corrected chi connectivity index (χ0v) is 10.1. The number of ether oxygens (including phenoxy) is 1. The van der Waals surface area contributed by atoms with Crippen LogP contribution < -0.4 is 5.32 Å². The summed E-state index contributed by atoms with van der Waals surface area (Å²) in [5, 5.41) is 11.2. The first-order valence-corrected chi connectivity index (χ1v) is 6.27. The molecule has 0 aromatic rings. The number of alkyl carbamates (subject to hydrolysis) is 1. The second-order valence-corrected chi connectivity index (χ2v) is 4.54. The minimum Gasteiger partial charge on any atom is -0.447 e. The molecule has 1 aliphatic carbocycles. The highest BCUT2D eigenvalue weighted by molar-refractivity contribution is 5.67. The van der Waals surface area contributed by atoms with Crippen LogP contribution in [-0.2, 0) is 4.74 Å². The van der Waals surface area contributed by atoms with E-state index in [9.17, 15) is 4.79 Å². The van der Waals surface area contributed by atoms with Crippen LogP contribution in [0.4, 0.5) is 4.79 Å². The highest BCUT2D eigenvalue weighted by Gasteiger charge is 2.20. The van der Waals surface area contributed by atoms with E-state index >= 15 is 0 Å². The number of aliphatic hydroxyl groups excluding tert-OH is 1. The maximum absolute atomic E-state index is 11.1. The molecule has 0 aliphatic heterocycles. The van der Waals surface area contributed by atoms with Gasteiger partial charge in [0.2, 0.25) is 0 Å². The Morgan fingerprint density at radius 1 is 1.31 bits per heavy atom. The van der Waals surface area contributed by atoms with Crippen molar-refractivity contribution >= 4 is 6.09 Å². The number of hydrogen-bond donors (Lipinski definition) is 2. The van der Waals surface area contributed by atoms with Crippen LogP contribution in [-0.4, -0.2) is 31.0 Å². The molecule has 1 amide bonds. The maximum atomic E-state index is 11.1. The van der Waals surface area contributed by atoms with Crippen LogP contribution in [0.2, 0.25) is 0 Å². The molecule has 16 heavy (non-hydrogen) atoms. The van der Waals surface area contributed by atoms with Gasteiger partial charge in [0.25, 0.3) is 0 Å². The summed E-state index contributed by atoms with van der Waals surface area (Å²) in [5.41, 5.74) is 0. The summed E-state index contributed by atoms with van der Waals surface area (Å²) in [7, 11) is 0. The van der Waals surface area contributed by atoms with E-state index < -0.39 is 6.09 Å². The van der Waals surface area contributed by atoms with E-state index in [0.717, 1.165) is 5.92 Å². The Hall–Kier alpha value is -0.770. The minimum atomic E-state index is -0.410. The van der Waals surface area contributed by atoms with Gasteiger partial charge in [-0.3, -0.25) is 0 Å². The van der Waals surface area contributed by atoms with Crippen LogP contribution in [0.1, 0.15) is 39.0 Å². The molecular weight excluding hydrogens is 206 g/mol. The lowest BCUT2D eigenvalue weighted by Gasteiger charge is -2.27. The van der Waals surface area contributed by atoms with E-state index in [0.29, 0.717) is 12.5 Å². The lowest BCUT2D eigenvalue weighted by Crippen LogP contribution is -2.32. The van der Waals surface area contributed by atoms with Crippen molar-refractivity contribution in [2.75, 3.05) is 19.8 Å². The standard InChI is InChI=1S/C12H23NO3/c1-2-10-3-5-11(6-4-10)9-13-12(15)16-8-7-14/h10-11,14H,2-9H2,1H3,(H,13,15). The van der Waals surface area contributed by atoms with Crippen molar-refractivity contribution in [2.24, 2.45) is 11.8 Å². The molecule has 1 saturated carbocycles. The van der Waals surface area contributed by atoms with E-state index in [-0.39, 0.29) is 13.2 Å². The van der Waals surface area contributed by atoms with Crippen molar-refractivity contribution in [1.82, 2.24) is 5.32 Å². The highest BCUT2D eigenvalue weighted by Crippen LogP contribution is 2.29. The summed E-state index contributed by atoms with van der Waals surface area (Å²) < 4.78 is 4.72. The third-order valence-electron chi connectivity index (χ3n) is 3.40. The fourth-order valence-corrected chi connectivity index (χ4v) is 2.26. The topological polar surface area (TPSA) is 58.6 Å². The fraction of sp³-hybridized carbons (Fsp3) is 0.917. The van der Waals surface area contributed by atoms with E-state index in [1.54, 1.807) is 0 Å². The summed E-state index contributed by atoms with van der Waals surface area (Å²) in [6.45, 7) is 2.92. The van der Waals surface area contributed by atoms with Crippen molar-refractivity contribution in [1.29, 1.82) is 0 Å². The Morgan fingerprint density at radius 3 is 2.50 bits per heavy atom. The first-order chi connectivity index (χ1) is 7.76. The predicted octanol–water partition coefficient (Wildman–Crippen LogP) is 1.92. The molecule has 0 atom stereocenters. The number of carbonyl (C=O) groups excluding carboxylic acids is 1. The predicted molar refractivity (Wildman–Crippen MR) is 62.2 cm³/mol. The van der Waals surface area contributed by atoms with Gasteiger partial charge in [0.15, 0.2) is 0 Å². The normalized spacial score (nSPS) is 25.1. The second-order valence-electron chi connectivity index (χ2n) is 4.54. The zero-order valence-electron chi connectivity index (χ0n) is 10.1. The number of hydrogen-bond acceptors (Lipinski definition) is 3. The second kappa shape index (κ2) is 7.49. The van der Waals surface area contributed by atoms with Crippen molar-refractivity contribution < 1.29 is 14.6 Å². The van der Waals surface area contributed by atoms with Crippen LogP contribution in [0.5, 0.6) is 0 Å². The summed E-state index contributed by atoms with van der Waals surface area (Å²) in [6.07, 6.45) is 5.85. The molecule has 1 rings (SSSR count). The van der Waals surface area contributed by atoms with Gasteiger partial charge in [0, 0.05) is 6.54 Å². The third-order valence-corrected chi connectivity index (χ3v) is 3.40. The summed E-state index contributed by atoms with van der Waals surface area (Å²) in [5.74, 6) is 1.49. The van der Waals surface area contributed by atoms with Crippen molar-refractivity contribution in [3.05, 3.63) is 0 Å². The third kappa shape index (κ3) is 4.84. The number of aliphatic hydroxyl groups is 1. The van der Waals surface area contributed by atoms with Gasteiger partial charge in [-0.05, 0) is 24.7 Å². The molecule has 0 heterocycles. The van der Waals surface area contributed by atoms with Crippen molar-refractivity contribution in [2.45, 2.75) is 39.0 Å². The maximum Gasteiger partial charge on any atom is 0.407 e. The van der Waals surface area contributed by atoms with Gasteiger partial charge in [-0.1, -0.05) is 26.2 Å². The Labute approximate surface area is 97.4 Å². The van der Waals surface area contributed by atoms with Gasteiger partial charge in [0.1, 0.15) is 6.61 Å². The largest absolute Gasteiger partial charge is 0.447 e. The lowest BCUT2D eigenvalue weighted by molar-refractivity contribution is 0.116. The van der Waals surface area contributed by atoms with Crippen LogP contribution in [0.25, 0.3) is 0 Å². The van der Waals surface area contributed by atoms with Gasteiger partial charge in [-0.15, -0.1) is 0 Å². The average Bonchev–Trinajstić information content (AvgIpc) is 2.34. The highest BCUT2D eigenvalue weighted by atomic mass is 16.6. The van der Waals surface area contributed by atoms with Gasteiger partial charge >= 0.3 is 6.09 Å². The number of nitrogens with one attached hydrogen (secondary N) is 1. The van der Waals surface area contributed by atoms with Gasteiger partial charge in [0.05, 0.1) is 6.61 Å². The van der Waals surface area contributed by atoms with Crippen LogP contribution in [0, 0.1) is 11.8 Å². The molecule has 0 spiro atoms. The first-order valence-electron chi connectivity index (χ1n) is 6.27. The minimum absolute atomic E-state index is 0.0778. The molecule has 94 valence electrons. The van der Waals surface area contributed by atoms with Crippen LogP contribution in [0.15, 0.2) is 0 Å². The molecule has 0 aromatic carbocycles. The van der Waals surface area contributed by atoms with E-state index in [2.05, 4.69) is 12.2 Å². The van der Waals surface area contributed by atoms with Gasteiger partial charge < -0.3 is 15.2 Å². The summed E-state index contributed by atoms with van der Waals surface area (Å²) in [4.78, 5) is 11.1. The van der Waals surface area contributed by atoms with Crippen molar-refractivity contribution in [3.63, 3.8) is 0 Å². The average molecular weight is 229 g/mol. The monoisotopic (exact) mass is 229 g/mol. The Bertz CT molecular complexity index is 200.